The van der Waals surface area contributed by atoms with Gasteiger partial charge in [0.15, 0.2) is 0 Å². The van der Waals surface area contributed by atoms with E-state index in [4.69, 9.17) is 4.74 Å². The molecule has 2 N–H and O–H groups in total. The van der Waals surface area contributed by atoms with Crippen molar-refractivity contribution in [2.24, 2.45) is 0 Å². The zero-order valence-electron chi connectivity index (χ0n) is 18.0. The minimum atomic E-state index is -0.0920. The van der Waals surface area contributed by atoms with Crippen LogP contribution >= 0.6 is 0 Å². The minimum Gasteiger partial charge on any atom is -0.485 e. The van der Waals surface area contributed by atoms with Gasteiger partial charge >= 0.3 is 0 Å². The Hall–Kier alpha value is -3.73. The number of carbonyl (C=O) groups is 1. The lowest BCUT2D eigenvalue weighted by molar-refractivity contribution is -0.121. The fourth-order valence-electron chi connectivity index (χ4n) is 4.34. The standard InChI is InChI=1S/C27H27N3O2/c31-27(15-14-21-16-28-24-11-5-4-10-23(21)24)29-17-22-19-30(18-20-8-2-1-3-9-20)25-12-6-7-13-26(25)32-22/h1-13,16,22,28H,14-15,17-19H2,(H,29,31). The number of para-hydroxylation sites is 3. The molecule has 0 aliphatic carbocycles. The number of nitrogens with one attached hydrogen (secondary N) is 2. The van der Waals surface area contributed by atoms with E-state index in [9.17, 15) is 4.79 Å². The summed E-state index contributed by atoms with van der Waals surface area (Å²) in [5.41, 5.74) is 4.63. The summed E-state index contributed by atoms with van der Waals surface area (Å²) in [6.45, 7) is 2.03. The van der Waals surface area contributed by atoms with Crippen LogP contribution in [-0.4, -0.2) is 30.1 Å². The molecule has 0 spiro atoms. The van der Waals surface area contributed by atoms with Gasteiger partial charge in [0.1, 0.15) is 11.9 Å². The number of rotatable bonds is 7. The molecule has 5 rings (SSSR count). The molecule has 0 radical (unpaired) electrons. The monoisotopic (exact) mass is 425 g/mol. The summed E-state index contributed by atoms with van der Waals surface area (Å²) < 4.78 is 6.20. The molecular weight excluding hydrogens is 398 g/mol. The first-order valence-electron chi connectivity index (χ1n) is 11.1. The van der Waals surface area contributed by atoms with Gasteiger partial charge in [-0.2, -0.15) is 0 Å². The second-order valence-electron chi connectivity index (χ2n) is 8.24. The second-order valence-corrected chi connectivity index (χ2v) is 8.24. The molecule has 32 heavy (non-hydrogen) atoms. The van der Waals surface area contributed by atoms with Crippen molar-refractivity contribution in [2.45, 2.75) is 25.5 Å². The third-order valence-electron chi connectivity index (χ3n) is 5.96. The highest BCUT2D eigenvalue weighted by molar-refractivity contribution is 5.84. The highest BCUT2D eigenvalue weighted by atomic mass is 16.5. The summed E-state index contributed by atoms with van der Waals surface area (Å²) in [4.78, 5) is 18.1. The van der Waals surface area contributed by atoms with E-state index in [1.165, 1.54) is 16.5 Å². The average Bonchev–Trinajstić information content (AvgIpc) is 3.25. The molecule has 0 bridgehead atoms. The van der Waals surface area contributed by atoms with Gasteiger partial charge in [0.05, 0.1) is 18.8 Å². The summed E-state index contributed by atoms with van der Waals surface area (Å²) in [7, 11) is 0. The first-order chi connectivity index (χ1) is 15.8. The SMILES string of the molecule is O=C(CCc1c[nH]c2ccccc12)NCC1CN(Cc2ccccc2)c2ccccc2O1. The third kappa shape index (κ3) is 4.47. The van der Waals surface area contributed by atoms with Gasteiger partial charge in [-0.15, -0.1) is 0 Å². The molecule has 1 aliphatic rings. The number of benzene rings is 3. The number of H-pyrrole nitrogens is 1. The Kier molecular flexibility index (Phi) is 5.79. The number of fused-ring (bicyclic) bond motifs is 2. The van der Waals surface area contributed by atoms with Crippen LogP contribution in [0.15, 0.2) is 85.1 Å². The third-order valence-corrected chi connectivity index (χ3v) is 5.96. The molecule has 162 valence electrons. The Balaban J connectivity index is 1.19. The van der Waals surface area contributed by atoms with Crippen LogP contribution in [0.1, 0.15) is 17.5 Å². The highest BCUT2D eigenvalue weighted by Gasteiger charge is 2.25. The fourth-order valence-corrected chi connectivity index (χ4v) is 4.34. The smallest absolute Gasteiger partial charge is 0.220 e. The summed E-state index contributed by atoms with van der Waals surface area (Å²) in [6.07, 6.45) is 3.08. The van der Waals surface area contributed by atoms with E-state index in [0.717, 1.165) is 30.0 Å². The van der Waals surface area contributed by atoms with E-state index in [1.807, 2.05) is 42.6 Å². The van der Waals surface area contributed by atoms with Gasteiger partial charge in [-0.25, -0.2) is 0 Å². The number of hydrogen-bond donors (Lipinski definition) is 2. The Morgan fingerprint density at radius 3 is 2.69 bits per heavy atom. The lowest BCUT2D eigenvalue weighted by atomic mass is 10.1. The second kappa shape index (κ2) is 9.18. The zero-order valence-corrected chi connectivity index (χ0v) is 18.0. The molecule has 0 saturated heterocycles. The Labute approximate surface area is 188 Å². The number of anilines is 1. The van der Waals surface area contributed by atoms with Crippen molar-refractivity contribution in [1.82, 2.24) is 10.3 Å². The van der Waals surface area contributed by atoms with Gasteiger partial charge in [0, 0.05) is 30.1 Å². The van der Waals surface area contributed by atoms with E-state index < -0.39 is 0 Å². The van der Waals surface area contributed by atoms with Crippen molar-refractivity contribution in [1.29, 1.82) is 0 Å². The van der Waals surface area contributed by atoms with Crippen molar-refractivity contribution in [2.75, 3.05) is 18.0 Å². The molecule has 0 fully saturated rings. The van der Waals surface area contributed by atoms with Crippen LogP contribution < -0.4 is 15.0 Å². The van der Waals surface area contributed by atoms with E-state index >= 15 is 0 Å². The van der Waals surface area contributed by atoms with Gasteiger partial charge in [-0.1, -0.05) is 60.7 Å². The van der Waals surface area contributed by atoms with Crippen molar-refractivity contribution in [3.05, 3.63) is 96.2 Å². The highest BCUT2D eigenvalue weighted by Crippen LogP contribution is 2.34. The van der Waals surface area contributed by atoms with Crippen molar-refractivity contribution in [3.8, 4) is 5.75 Å². The van der Waals surface area contributed by atoms with Crippen LogP contribution in [0.2, 0.25) is 0 Å². The number of aromatic nitrogens is 1. The minimum absolute atomic E-state index is 0.0485. The molecule has 2 heterocycles. The van der Waals surface area contributed by atoms with Gasteiger partial charge in [0.2, 0.25) is 5.91 Å². The number of aromatic amines is 1. The van der Waals surface area contributed by atoms with Crippen LogP contribution in [0, 0.1) is 0 Å². The molecule has 3 aromatic carbocycles. The predicted octanol–water partition coefficient (Wildman–Crippen LogP) is 4.68. The molecule has 1 atom stereocenters. The molecule has 1 amide bonds. The zero-order chi connectivity index (χ0) is 21.8. The maximum Gasteiger partial charge on any atom is 0.220 e. The van der Waals surface area contributed by atoms with Crippen LogP contribution in [0.3, 0.4) is 0 Å². The number of amides is 1. The molecule has 1 aromatic heterocycles. The van der Waals surface area contributed by atoms with Crippen molar-refractivity contribution >= 4 is 22.5 Å². The summed E-state index contributed by atoms with van der Waals surface area (Å²) in [5.74, 6) is 0.917. The Morgan fingerprint density at radius 1 is 1.00 bits per heavy atom. The summed E-state index contributed by atoms with van der Waals surface area (Å²) in [6, 6.07) is 26.7. The molecule has 0 saturated carbocycles. The molecule has 1 unspecified atom stereocenters. The number of aryl methyl sites for hydroxylation is 1. The summed E-state index contributed by atoms with van der Waals surface area (Å²) in [5, 5.41) is 4.26. The van der Waals surface area contributed by atoms with Gasteiger partial charge in [-0.3, -0.25) is 4.79 Å². The quantitative estimate of drug-likeness (QED) is 0.452. The van der Waals surface area contributed by atoms with E-state index in [2.05, 4.69) is 57.7 Å². The van der Waals surface area contributed by atoms with E-state index in [1.54, 1.807) is 0 Å². The fraction of sp³-hybridized carbons (Fsp3) is 0.222. The molecule has 5 heteroatoms. The average molecular weight is 426 g/mol. The number of carbonyl (C=O) groups excluding carboxylic acids is 1. The largest absolute Gasteiger partial charge is 0.485 e. The van der Waals surface area contributed by atoms with Crippen LogP contribution in [0.5, 0.6) is 5.75 Å². The van der Waals surface area contributed by atoms with E-state index in [0.29, 0.717) is 19.4 Å². The molecule has 1 aliphatic heterocycles. The van der Waals surface area contributed by atoms with Crippen LogP contribution in [-0.2, 0) is 17.8 Å². The number of ether oxygens (including phenoxy) is 1. The molecule has 4 aromatic rings. The maximum atomic E-state index is 12.5. The summed E-state index contributed by atoms with van der Waals surface area (Å²) >= 11 is 0. The molecular formula is C27H27N3O2. The van der Waals surface area contributed by atoms with Gasteiger partial charge < -0.3 is 19.9 Å². The van der Waals surface area contributed by atoms with Crippen molar-refractivity contribution in [3.63, 3.8) is 0 Å². The van der Waals surface area contributed by atoms with Crippen molar-refractivity contribution < 1.29 is 9.53 Å². The first-order valence-corrected chi connectivity index (χ1v) is 11.1. The van der Waals surface area contributed by atoms with Crippen LogP contribution in [0.4, 0.5) is 5.69 Å². The maximum absolute atomic E-state index is 12.5. The lowest BCUT2D eigenvalue weighted by Crippen LogP contribution is -2.46. The number of nitrogens with zero attached hydrogens (tertiary/aromatic N) is 1. The van der Waals surface area contributed by atoms with Gasteiger partial charge in [-0.05, 0) is 35.7 Å². The lowest BCUT2D eigenvalue weighted by Gasteiger charge is -2.36. The number of hydrogen-bond acceptors (Lipinski definition) is 3. The van der Waals surface area contributed by atoms with E-state index in [-0.39, 0.29) is 12.0 Å². The Bertz CT molecular complexity index is 1200. The topological polar surface area (TPSA) is 57.4 Å². The first kappa shape index (κ1) is 20.2. The predicted molar refractivity (Wildman–Crippen MR) is 128 cm³/mol. The van der Waals surface area contributed by atoms with Gasteiger partial charge in [0.25, 0.3) is 0 Å². The van der Waals surface area contributed by atoms with Crippen LogP contribution in [0.25, 0.3) is 10.9 Å². The molecule has 5 nitrogen and oxygen atoms in total. The normalized spacial score (nSPS) is 15.2. The Morgan fingerprint density at radius 2 is 1.78 bits per heavy atom.